The van der Waals surface area contributed by atoms with E-state index in [2.05, 4.69) is 15.3 Å². The van der Waals surface area contributed by atoms with E-state index in [1.807, 2.05) is 19.9 Å². The normalized spacial score (nSPS) is 16.2. The first-order valence-corrected chi connectivity index (χ1v) is 10.7. The highest BCUT2D eigenvalue weighted by molar-refractivity contribution is 6.31. The standard InChI is InChI=1S/C23H25ClN4O4/c1-13-10-15(4-7-19(13)28-8-9-32-12-20(28)29)23(30)27-21(14(2)31-3)22-25-17-6-5-16(24)11-18(17)26-22/h4-7,10-11,14,21H,8-9,12H2,1-3H3,(H,25,26)(H,27,30)/t14-,21-/m0/s1. The number of halogens is 1. The molecule has 2 amide bonds. The minimum Gasteiger partial charge on any atom is -0.379 e. The lowest BCUT2D eigenvalue weighted by Gasteiger charge is -2.28. The first kappa shape index (κ1) is 22.3. The van der Waals surface area contributed by atoms with E-state index in [1.54, 1.807) is 42.3 Å². The zero-order valence-corrected chi connectivity index (χ0v) is 18.9. The molecule has 8 nitrogen and oxygen atoms in total. The van der Waals surface area contributed by atoms with E-state index >= 15 is 0 Å². The molecule has 32 heavy (non-hydrogen) atoms. The number of aryl methyl sites for hydroxylation is 1. The van der Waals surface area contributed by atoms with Gasteiger partial charge in [-0.05, 0) is 55.8 Å². The molecule has 0 radical (unpaired) electrons. The molecule has 2 N–H and O–H groups in total. The predicted octanol–water partition coefficient (Wildman–Crippen LogP) is 3.39. The molecule has 0 aliphatic carbocycles. The molecule has 9 heteroatoms. The lowest BCUT2D eigenvalue weighted by atomic mass is 10.1. The van der Waals surface area contributed by atoms with Gasteiger partial charge in [-0.3, -0.25) is 9.59 Å². The maximum Gasteiger partial charge on any atom is 0.253 e. The number of nitrogens with one attached hydrogen (secondary N) is 2. The van der Waals surface area contributed by atoms with E-state index < -0.39 is 6.04 Å². The quantitative estimate of drug-likeness (QED) is 0.592. The number of imidazole rings is 1. The lowest BCUT2D eigenvalue weighted by Crippen LogP contribution is -2.42. The molecule has 0 spiro atoms. The van der Waals surface area contributed by atoms with Crippen molar-refractivity contribution in [3.63, 3.8) is 0 Å². The molecule has 168 valence electrons. The third-order valence-corrected chi connectivity index (χ3v) is 5.86. The van der Waals surface area contributed by atoms with Gasteiger partial charge in [-0.1, -0.05) is 11.6 Å². The number of methoxy groups -OCH3 is 1. The Hall–Kier alpha value is -2.94. The van der Waals surface area contributed by atoms with Crippen molar-refractivity contribution in [1.29, 1.82) is 0 Å². The van der Waals surface area contributed by atoms with Crippen molar-refractivity contribution in [2.75, 3.05) is 31.8 Å². The average Bonchev–Trinajstić information content (AvgIpc) is 3.20. The number of ether oxygens (including phenoxy) is 2. The minimum atomic E-state index is -0.500. The number of H-pyrrole nitrogens is 1. The van der Waals surface area contributed by atoms with Gasteiger partial charge >= 0.3 is 0 Å². The van der Waals surface area contributed by atoms with Crippen molar-refractivity contribution in [3.8, 4) is 0 Å². The third-order valence-electron chi connectivity index (χ3n) is 5.62. The molecular weight excluding hydrogens is 432 g/mol. The Morgan fingerprint density at radius 3 is 2.84 bits per heavy atom. The van der Waals surface area contributed by atoms with Gasteiger partial charge in [-0.2, -0.15) is 0 Å². The summed E-state index contributed by atoms with van der Waals surface area (Å²) in [4.78, 5) is 34.8. The number of aromatic amines is 1. The van der Waals surface area contributed by atoms with E-state index in [9.17, 15) is 9.59 Å². The molecule has 0 saturated carbocycles. The summed E-state index contributed by atoms with van der Waals surface area (Å²) in [5.74, 6) is 0.230. The maximum atomic E-state index is 13.1. The van der Waals surface area contributed by atoms with Gasteiger partial charge < -0.3 is 24.7 Å². The predicted molar refractivity (Wildman–Crippen MR) is 122 cm³/mol. The van der Waals surface area contributed by atoms with Gasteiger partial charge in [0.1, 0.15) is 18.5 Å². The Kier molecular flexibility index (Phi) is 6.45. The van der Waals surface area contributed by atoms with Gasteiger partial charge in [0, 0.05) is 29.9 Å². The van der Waals surface area contributed by atoms with Crippen LogP contribution in [0.25, 0.3) is 11.0 Å². The first-order chi connectivity index (χ1) is 15.4. The Morgan fingerprint density at radius 2 is 2.12 bits per heavy atom. The van der Waals surface area contributed by atoms with Crippen LogP contribution >= 0.6 is 11.6 Å². The number of morpholine rings is 1. The van der Waals surface area contributed by atoms with Crippen molar-refractivity contribution < 1.29 is 19.1 Å². The Labute approximate surface area is 190 Å². The van der Waals surface area contributed by atoms with Gasteiger partial charge in [0.25, 0.3) is 11.8 Å². The van der Waals surface area contributed by atoms with Gasteiger partial charge in [-0.25, -0.2) is 4.98 Å². The fourth-order valence-corrected chi connectivity index (χ4v) is 3.95. The lowest BCUT2D eigenvalue weighted by molar-refractivity contribution is -0.125. The molecule has 2 atom stereocenters. The monoisotopic (exact) mass is 456 g/mol. The van der Waals surface area contributed by atoms with Crippen molar-refractivity contribution in [2.45, 2.75) is 26.0 Å². The fourth-order valence-electron chi connectivity index (χ4n) is 3.79. The van der Waals surface area contributed by atoms with E-state index in [4.69, 9.17) is 21.1 Å². The highest BCUT2D eigenvalue weighted by Gasteiger charge is 2.26. The summed E-state index contributed by atoms with van der Waals surface area (Å²) in [6, 6.07) is 10.2. The molecular formula is C23H25ClN4O4. The van der Waals surface area contributed by atoms with Crippen LogP contribution in [0.1, 0.15) is 34.7 Å². The largest absolute Gasteiger partial charge is 0.379 e. The molecule has 2 aromatic carbocycles. The van der Waals surface area contributed by atoms with E-state index in [-0.39, 0.29) is 24.5 Å². The van der Waals surface area contributed by atoms with Crippen molar-refractivity contribution >= 4 is 40.1 Å². The third kappa shape index (κ3) is 4.48. The number of carbonyl (C=O) groups excluding carboxylic acids is 2. The molecule has 0 unspecified atom stereocenters. The summed E-state index contributed by atoms with van der Waals surface area (Å²) in [6.07, 6.45) is -0.332. The number of hydrogen-bond acceptors (Lipinski definition) is 5. The van der Waals surface area contributed by atoms with Crippen LogP contribution in [0, 0.1) is 6.92 Å². The molecule has 1 aliphatic rings. The minimum absolute atomic E-state index is 0.0704. The SMILES string of the molecule is CO[C@@H](C)[C@H](NC(=O)c1ccc(N2CCOCC2=O)c(C)c1)c1nc2cc(Cl)ccc2[nH]1. The van der Waals surface area contributed by atoms with Crippen LogP contribution in [0.4, 0.5) is 5.69 Å². The van der Waals surface area contributed by atoms with Gasteiger partial charge in [-0.15, -0.1) is 0 Å². The fraction of sp³-hybridized carbons (Fsp3) is 0.348. The number of carbonyl (C=O) groups is 2. The van der Waals surface area contributed by atoms with Crippen LogP contribution in [-0.4, -0.2) is 54.8 Å². The van der Waals surface area contributed by atoms with E-state index in [0.29, 0.717) is 35.1 Å². The van der Waals surface area contributed by atoms with Crippen LogP contribution < -0.4 is 10.2 Å². The Morgan fingerprint density at radius 1 is 1.31 bits per heavy atom. The highest BCUT2D eigenvalue weighted by Crippen LogP contribution is 2.25. The number of anilines is 1. The van der Waals surface area contributed by atoms with E-state index in [1.165, 1.54) is 0 Å². The second-order valence-electron chi connectivity index (χ2n) is 7.77. The number of amides is 2. The topological polar surface area (TPSA) is 96.6 Å². The van der Waals surface area contributed by atoms with Gasteiger partial charge in [0.2, 0.25) is 0 Å². The number of rotatable bonds is 6. The van der Waals surface area contributed by atoms with Crippen LogP contribution in [-0.2, 0) is 14.3 Å². The molecule has 4 rings (SSSR count). The summed E-state index contributed by atoms with van der Waals surface area (Å²) in [6.45, 7) is 4.80. The Balaban J connectivity index is 1.58. The number of benzene rings is 2. The van der Waals surface area contributed by atoms with E-state index in [0.717, 1.165) is 16.8 Å². The molecule has 3 aromatic rings. The number of fused-ring (bicyclic) bond motifs is 1. The summed E-state index contributed by atoms with van der Waals surface area (Å²) >= 11 is 6.07. The number of nitrogens with zero attached hydrogens (tertiary/aromatic N) is 2. The highest BCUT2D eigenvalue weighted by atomic mass is 35.5. The summed E-state index contributed by atoms with van der Waals surface area (Å²) in [5.41, 5.74) is 3.64. The number of hydrogen-bond donors (Lipinski definition) is 2. The zero-order valence-electron chi connectivity index (χ0n) is 18.1. The summed E-state index contributed by atoms with van der Waals surface area (Å²) < 4.78 is 10.7. The first-order valence-electron chi connectivity index (χ1n) is 10.3. The van der Waals surface area contributed by atoms with Crippen LogP contribution in [0.15, 0.2) is 36.4 Å². The average molecular weight is 457 g/mol. The molecule has 1 aliphatic heterocycles. The molecule has 1 saturated heterocycles. The maximum absolute atomic E-state index is 13.1. The molecule has 1 fully saturated rings. The second-order valence-corrected chi connectivity index (χ2v) is 8.21. The zero-order chi connectivity index (χ0) is 22.8. The number of aromatic nitrogens is 2. The summed E-state index contributed by atoms with van der Waals surface area (Å²) in [5, 5.41) is 3.61. The van der Waals surface area contributed by atoms with Gasteiger partial charge in [0.05, 0.1) is 23.7 Å². The molecule has 1 aromatic heterocycles. The second kappa shape index (κ2) is 9.28. The molecule has 0 bridgehead atoms. The van der Waals surface area contributed by atoms with Crippen molar-refractivity contribution in [1.82, 2.24) is 15.3 Å². The Bertz CT molecular complexity index is 1160. The van der Waals surface area contributed by atoms with Gasteiger partial charge in [0.15, 0.2) is 0 Å². The van der Waals surface area contributed by atoms with Crippen molar-refractivity contribution in [3.05, 3.63) is 58.4 Å². The summed E-state index contributed by atoms with van der Waals surface area (Å²) in [7, 11) is 1.58. The van der Waals surface area contributed by atoms with Crippen LogP contribution in [0.2, 0.25) is 5.02 Å². The smallest absolute Gasteiger partial charge is 0.253 e. The van der Waals surface area contributed by atoms with Crippen LogP contribution in [0.3, 0.4) is 0 Å². The molecule has 2 heterocycles. The van der Waals surface area contributed by atoms with Crippen molar-refractivity contribution in [2.24, 2.45) is 0 Å². The van der Waals surface area contributed by atoms with Crippen LogP contribution in [0.5, 0.6) is 0 Å².